The van der Waals surface area contributed by atoms with Gasteiger partial charge in [-0.15, -0.1) is 0 Å². The van der Waals surface area contributed by atoms with Gasteiger partial charge in [0.1, 0.15) is 0 Å². The normalized spacial score (nSPS) is 11.3. The van der Waals surface area contributed by atoms with Crippen LogP contribution in [0, 0.1) is 0 Å². The van der Waals surface area contributed by atoms with E-state index in [0.29, 0.717) is 5.02 Å². The average Bonchev–Trinajstić information content (AvgIpc) is 2.40. The molecule has 0 aliphatic carbocycles. The van der Waals surface area contributed by atoms with E-state index >= 15 is 0 Å². The molecule has 0 saturated heterocycles. The van der Waals surface area contributed by atoms with Gasteiger partial charge in [-0.05, 0) is 42.5 Å². The predicted molar refractivity (Wildman–Crippen MR) is 76.2 cm³/mol. The minimum Gasteiger partial charge on any atom is -0.289 e. The number of halogens is 2. The van der Waals surface area contributed by atoms with Crippen molar-refractivity contribution in [1.29, 1.82) is 0 Å². The van der Waals surface area contributed by atoms with Crippen molar-refractivity contribution in [2.75, 3.05) is 0 Å². The van der Waals surface area contributed by atoms with Crippen molar-refractivity contribution < 1.29 is 17.8 Å². The van der Waals surface area contributed by atoms with Gasteiger partial charge in [-0.2, -0.15) is 8.42 Å². The summed E-state index contributed by atoms with van der Waals surface area (Å²) in [4.78, 5) is 11.9. The highest BCUT2D eigenvalue weighted by atomic mass is 35.5. The Hall–Kier alpha value is -1.40. The largest absolute Gasteiger partial charge is 0.294 e. The summed E-state index contributed by atoms with van der Waals surface area (Å²) in [5, 5.41) is 0.616. The van der Waals surface area contributed by atoms with E-state index in [-0.39, 0.29) is 26.8 Å². The molecule has 20 heavy (non-hydrogen) atoms. The van der Waals surface area contributed by atoms with Gasteiger partial charge in [0.25, 0.3) is 10.1 Å². The van der Waals surface area contributed by atoms with Crippen LogP contribution >= 0.6 is 23.2 Å². The fourth-order valence-electron chi connectivity index (χ4n) is 1.61. The third kappa shape index (κ3) is 3.19. The lowest BCUT2D eigenvalue weighted by Gasteiger charge is -2.05. The second kappa shape index (κ2) is 5.54. The maximum atomic E-state index is 12.2. The second-order valence-corrected chi connectivity index (χ2v) is 6.22. The highest BCUT2D eigenvalue weighted by molar-refractivity contribution is 7.85. The Morgan fingerprint density at radius 1 is 1.00 bits per heavy atom. The molecule has 7 heteroatoms. The molecule has 0 radical (unpaired) electrons. The number of benzene rings is 2. The molecule has 0 saturated carbocycles. The van der Waals surface area contributed by atoms with Crippen LogP contribution in [-0.2, 0) is 10.1 Å². The van der Waals surface area contributed by atoms with Crippen molar-refractivity contribution in [3.63, 3.8) is 0 Å². The van der Waals surface area contributed by atoms with E-state index in [2.05, 4.69) is 0 Å². The van der Waals surface area contributed by atoms with Crippen LogP contribution in [0.4, 0.5) is 0 Å². The Morgan fingerprint density at radius 3 is 2.15 bits per heavy atom. The van der Waals surface area contributed by atoms with Crippen molar-refractivity contribution in [2.45, 2.75) is 4.90 Å². The first kappa shape index (κ1) is 15.0. The molecule has 0 fully saturated rings. The molecule has 0 bridgehead atoms. The van der Waals surface area contributed by atoms with Gasteiger partial charge >= 0.3 is 0 Å². The standard InChI is InChI=1S/C13H8Cl2O4S/c14-9-3-6-12(15)11(7-9)13(16)8-1-4-10(5-2-8)20(17,18)19/h1-7H,(H,17,18,19). The van der Waals surface area contributed by atoms with Gasteiger partial charge in [0, 0.05) is 16.1 Å². The number of carbonyl (C=O) groups is 1. The van der Waals surface area contributed by atoms with Crippen LogP contribution in [0.2, 0.25) is 10.0 Å². The highest BCUT2D eigenvalue weighted by Gasteiger charge is 2.15. The quantitative estimate of drug-likeness (QED) is 0.690. The van der Waals surface area contributed by atoms with Gasteiger partial charge in [-0.3, -0.25) is 9.35 Å². The van der Waals surface area contributed by atoms with Crippen LogP contribution < -0.4 is 0 Å². The molecule has 0 aromatic heterocycles. The van der Waals surface area contributed by atoms with Crippen molar-refractivity contribution in [3.8, 4) is 0 Å². The molecule has 0 aliphatic heterocycles. The van der Waals surface area contributed by atoms with Crippen LogP contribution in [-0.4, -0.2) is 18.8 Å². The average molecular weight is 331 g/mol. The summed E-state index contributed by atoms with van der Waals surface area (Å²) in [5.41, 5.74) is 0.459. The SMILES string of the molecule is O=C(c1ccc(S(=O)(=O)O)cc1)c1cc(Cl)ccc1Cl. The van der Waals surface area contributed by atoms with E-state index in [9.17, 15) is 13.2 Å². The van der Waals surface area contributed by atoms with Crippen LogP contribution in [0.15, 0.2) is 47.4 Å². The van der Waals surface area contributed by atoms with Crippen LogP contribution in [0.1, 0.15) is 15.9 Å². The molecule has 1 N–H and O–H groups in total. The molecule has 0 amide bonds. The zero-order valence-electron chi connectivity index (χ0n) is 9.88. The number of ketones is 1. The first-order chi connectivity index (χ1) is 9.29. The molecule has 0 aliphatic rings. The minimum absolute atomic E-state index is 0.221. The molecule has 0 unspecified atom stereocenters. The first-order valence-electron chi connectivity index (χ1n) is 5.36. The minimum atomic E-state index is -4.28. The lowest BCUT2D eigenvalue weighted by molar-refractivity contribution is 0.103. The molecule has 104 valence electrons. The van der Waals surface area contributed by atoms with E-state index in [1.165, 1.54) is 24.3 Å². The number of rotatable bonds is 3. The zero-order valence-corrected chi connectivity index (χ0v) is 12.2. The summed E-state index contributed by atoms with van der Waals surface area (Å²) in [6.45, 7) is 0. The molecular formula is C13H8Cl2O4S. The second-order valence-electron chi connectivity index (χ2n) is 3.95. The van der Waals surface area contributed by atoms with Crippen molar-refractivity contribution in [2.24, 2.45) is 0 Å². The first-order valence-corrected chi connectivity index (χ1v) is 7.56. The Bertz CT molecular complexity index is 767. The third-order valence-electron chi connectivity index (χ3n) is 2.59. The smallest absolute Gasteiger partial charge is 0.289 e. The summed E-state index contributed by atoms with van der Waals surface area (Å²) in [5.74, 6) is -0.389. The van der Waals surface area contributed by atoms with Crippen molar-refractivity contribution >= 4 is 39.1 Å². The number of hydrogen-bond donors (Lipinski definition) is 1. The topological polar surface area (TPSA) is 71.4 Å². The fraction of sp³-hybridized carbons (Fsp3) is 0. The molecule has 2 rings (SSSR count). The summed E-state index contributed by atoms with van der Waals surface area (Å²) in [7, 11) is -4.28. The van der Waals surface area contributed by atoms with E-state index in [4.69, 9.17) is 27.8 Å². The molecule has 4 nitrogen and oxygen atoms in total. The molecule has 0 heterocycles. The molecule has 2 aromatic rings. The Balaban J connectivity index is 2.42. The lowest BCUT2D eigenvalue weighted by atomic mass is 10.0. The molecular weight excluding hydrogens is 323 g/mol. The van der Waals surface area contributed by atoms with Crippen LogP contribution in [0.25, 0.3) is 0 Å². The summed E-state index contributed by atoms with van der Waals surface area (Å²) in [6.07, 6.45) is 0. The number of carbonyl (C=O) groups excluding carboxylic acids is 1. The Kier molecular flexibility index (Phi) is 4.15. The Labute approximate surface area is 125 Å². The predicted octanol–water partition coefficient (Wildman–Crippen LogP) is 3.47. The van der Waals surface area contributed by atoms with E-state index in [1.54, 1.807) is 6.07 Å². The van der Waals surface area contributed by atoms with Crippen molar-refractivity contribution in [1.82, 2.24) is 0 Å². The van der Waals surface area contributed by atoms with Gasteiger partial charge in [0.05, 0.1) is 9.92 Å². The molecule has 0 spiro atoms. The van der Waals surface area contributed by atoms with Crippen LogP contribution in [0.5, 0.6) is 0 Å². The van der Waals surface area contributed by atoms with Gasteiger partial charge < -0.3 is 0 Å². The van der Waals surface area contributed by atoms with E-state index in [0.717, 1.165) is 12.1 Å². The fourth-order valence-corrected chi connectivity index (χ4v) is 2.46. The Morgan fingerprint density at radius 2 is 1.60 bits per heavy atom. The van der Waals surface area contributed by atoms with E-state index in [1.807, 2.05) is 0 Å². The zero-order chi connectivity index (χ0) is 14.9. The number of hydrogen-bond acceptors (Lipinski definition) is 3. The van der Waals surface area contributed by atoms with Gasteiger partial charge in [-0.1, -0.05) is 23.2 Å². The van der Waals surface area contributed by atoms with Gasteiger partial charge in [-0.25, -0.2) is 0 Å². The maximum absolute atomic E-state index is 12.2. The third-order valence-corrected chi connectivity index (χ3v) is 4.02. The molecule has 0 atom stereocenters. The monoisotopic (exact) mass is 330 g/mol. The highest BCUT2D eigenvalue weighted by Crippen LogP contribution is 2.23. The van der Waals surface area contributed by atoms with Crippen molar-refractivity contribution in [3.05, 3.63) is 63.6 Å². The van der Waals surface area contributed by atoms with Gasteiger partial charge in [0.2, 0.25) is 0 Å². The molecule has 2 aromatic carbocycles. The van der Waals surface area contributed by atoms with Crippen LogP contribution in [0.3, 0.4) is 0 Å². The van der Waals surface area contributed by atoms with E-state index < -0.39 is 10.1 Å². The summed E-state index contributed by atoms with van der Waals surface area (Å²) >= 11 is 11.7. The van der Waals surface area contributed by atoms with Gasteiger partial charge in [0.15, 0.2) is 5.78 Å². The lowest BCUT2D eigenvalue weighted by Crippen LogP contribution is -2.04. The maximum Gasteiger partial charge on any atom is 0.294 e. The summed E-state index contributed by atoms with van der Waals surface area (Å²) in [6, 6.07) is 9.36. The summed E-state index contributed by atoms with van der Waals surface area (Å²) < 4.78 is 30.7.